The summed E-state index contributed by atoms with van der Waals surface area (Å²) < 4.78 is 0. The van der Waals surface area contributed by atoms with Gasteiger partial charge in [-0.2, -0.15) is 0 Å². The number of rotatable bonds is 1. The van der Waals surface area contributed by atoms with Gasteiger partial charge in [-0.1, -0.05) is 0 Å². The second kappa shape index (κ2) is 2.23. The van der Waals surface area contributed by atoms with Gasteiger partial charge >= 0.3 is 0 Å². The van der Waals surface area contributed by atoms with Crippen LogP contribution in [0.25, 0.3) is 0 Å². The zero-order chi connectivity index (χ0) is 7.78. The summed E-state index contributed by atoms with van der Waals surface area (Å²) in [5.74, 6) is 0.201. The molecule has 1 amide bonds. The normalized spacial score (nSPS) is 23.9. The average Bonchev–Trinajstić information content (AvgIpc) is 2.07. The van der Waals surface area contributed by atoms with E-state index in [9.17, 15) is 4.79 Å². The molecule has 3 nitrogen and oxygen atoms in total. The van der Waals surface area contributed by atoms with E-state index in [-0.39, 0.29) is 11.6 Å². The zero-order valence-electron chi connectivity index (χ0n) is 6.77. The molecule has 1 rings (SSSR count). The van der Waals surface area contributed by atoms with E-state index in [1.54, 1.807) is 0 Å². The van der Waals surface area contributed by atoms with Crippen LogP contribution in [-0.4, -0.2) is 29.6 Å². The molecule has 1 aliphatic rings. The summed E-state index contributed by atoms with van der Waals surface area (Å²) in [5.41, 5.74) is -0.133. The SMILES string of the molecule is CCN1C(=O)CNC1(C)C. The van der Waals surface area contributed by atoms with Gasteiger partial charge in [0.15, 0.2) is 0 Å². The molecule has 1 N–H and O–H groups in total. The van der Waals surface area contributed by atoms with Crippen LogP contribution < -0.4 is 5.32 Å². The van der Waals surface area contributed by atoms with Gasteiger partial charge in [-0.25, -0.2) is 0 Å². The molecule has 0 aromatic rings. The van der Waals surface area contributed by atoms with Crippen LogP contribution in [0.3, 0.4) is 0 Å². The summed E-state index contributed by atoms with van der Waals surface area (Å²) in [5, 5.41) is 3.12. The third kappa shape index (κ3) is 1.01. The van der Waals surface area contributed by atoms with E-state index >= 15 is 0 Å². The van der Waals surface area contributed by atoms with Gasteiger partial charge in [0.05, 0.1) is 12.2 Å². The van der Waals surface area contributed by atoms with Gasteiger partial charge < -0.3 is 4.90 Å². The molecule has 10 heavy (non-hydrogen) atoms. The van der Waals surface area contributed by atoms with Crippen molar-refractivity contribution in [1.29, 1.82) is 0 Å². The molecule has 0 spiro atoms. The van der Waals surface area contributed by atoms with Gasteiger partial charge in [-0.05, 0) is 20.8 Å². The van der Waals surface area contributed by atoms with Crippen molar-refractivity contribution in [3.05, 3.63) is 0 Å². The lowest BCUT2D eigenvalue weighted by Gasteiger charge is -2.29. The third-order valence-corrected chi connectivity index (χ3v) is 1.96. The summed E-state index contributed by atoms with van der Waals surface area (Å²) in [6, 6.07) is 0. The van der Waals surface area contributed by atoms with E-state index in [4.69, 9.17) is 0 Å². The molecule has 0 radical (unpaired) electrons. The molecule has 0 aromatic carbocycles. The summed E-state index contributed by atoms with van der Waals surface area (Å²) in [4.78, 5) is 12.9. The van der Waals surface area contributed by atoms with Crippen molar-refractivity contribution in [1.82, 2.24) is 10.2 Å². The van der Waals surface area contributed by atoms with Gasteiger partial charge in [-0.3, -0.25) is 10.1 Å². The van der Waals surface area contributed by atoms with Gasteiger partial charge in [0, 0.05) is 6.54 Å². The highest BCUT2D eigenvalue weighted by Gasteiger charge is 2.35. The van der Waals surface area contributed by atoms with Crippen LogP contribution in [-0.2, 0) is 4.79 Å². The van der Waals surface area contributed by atoms with Crippen LogP contribution >= 0.6 is 0 Å². The minimum absolute atomic E-state index is 0.133. The summed E-state index contributed by atoms with van der Waals surface area (Å²) >= 11 is 0. The number of hydrogen-bond donors (Lipinski definition) is 1. The van der Waals surface area contributed by atoms with Crippen LogP contribution in [0.4, 0.5) is 0 Å². The Morgan fingerprint density at radius 2 is 2.30 bits per heavy atom. The van der Waals surface area contributed by atoms with Crippen molar-refractivity contribution in [3.8, 4) is 0 Å². The fourth-order valence-electron chi connectivity index (χ4n) is 1.37. The predicted molar refractivity (Wildman–Crippen MR) is 39.5 cm³/mol. The Morgan fingerprint density at radius 1 is 1.70 bits per heavy atom. The lowest BCUT2D eigenvalue weighted by Crippen LogP contribution is -2.46. The monoisotopic (exact) mass is 142 g/mol. The lowest BCUT2D eigenvalue weighted by molar-refractivity contribution is -0.129. The molecule has 0 bridgehead atoms. The largest absolute Gasteiger partial charge is 0.324 e. The second-order valence-corrected chi connectivity index (χ2v) is 3.05. The smallest absolute Gasteiger partial charge is 0.238 e. The molecular weight excluding hydrogens is 128 g/mol. The Balaban J connectivity index is 2.73. The van der Waals surface area contributed by atoms with Gasteiger partial charge in [0.1, 0.15) is 0 Å². The molecule has 0 aromatic heterocycles. The fraction of sp³-hybridized carbons (Fsp3) is 0.857. The van der Waals surface area contributed by atoms with Crippen LogP contribution in [0.1, 0.15) is 20.8 Å². The lowest BCUT2D eigenvalue weighted by atomic mass is 10.2. The molecule has 1 aliphatic heterocycles. The van der Waals surface area contributed by atoms with Gasteiger partial charge in [0.25, 0.3) is 0 Å². The highest BCUT2D eigenvalue weighted by molar-refractivity contribution is 5.81. The maximum Gasteiger partial charge on any atom is 0.238 e. The first-order chi connectivity index (χ1) is 4.58. The minimum atomic E-state index is -0.133. The van der Waals surface area contributed by atoms with E-state index in [0.29, 0.717) is 6.54 Å². The first-order valence-electron chi connectivity index (χ1n) is 3.63. The Bertz CT molecular complexity index is 154. The number of carbonyl (C=O) groups is 1. The van der Waals surface area contributed by atoms with Crippen molar-refractivity contribution < 1.29 is 4.79 Å². The minimum Gasteiger partial charge on any atom is -0.324 e. The van der Waals surface area contributed by atoms with Gasteiger partial charge in [-0.15, -0.1) is 0 Å². The molecule has 0 unspecified atom stereocenters. The van der Waals surface area contributed by atoms with E-state index < -0.39 is 0 Å². The van der Waals surface area contributed by atoms with E-state index in [1.807, 2.05) is 25.7 Å². The summed E-state index contributed by atoms with van der Waals surface area (Å²) in [6.07, 6.45) is 0. The highest BCUT2D eigenvalue weighted by atomic mass is 16.2. The number of nitrogens with one attached hydrogen (secondary N) is 1. The Labute approximate surface area is 61.4 Å². The van der Waals surface area contributed by atoms with E-state index in [1.165, 1.54) is 0 Å². The number of carbonyl (C=O) groups excluding carboxylic acids is 1. The van der Waals surface area contributed by atoms with Crippen molar-refractivity contribution >= 4 is 5.91 Å². The van der Waals surface area contributed by atoms with Crippen molar-refractivity contribution in [2.45, 2.75) is 26.4 Å². The van der Waals surface area contributed by atoms with Gasteiger partial charge in [0.2, 0.25) is 5.91 Å². The first-order valence-corrected chi connectivity index (χ1v) is 3.63. The van der Waals surface area contributed by atoms with Crippen LogP contribution in [0.2, 0.25) is 0 Å². The molecule has 58 valence electrons. The molecule has 1 saturated heterocycles. The molecule has 0 aliphatic carbocycles. The maximum absolute atomic E-state index is 11.1. The highest BCUT2D eigenvalue weighted by Crippen LogP contribution is 2.15. The fourth-order valence-corrected chi connectivity index (χ4v) is 1.37. The van der Waals surface area contributed by atoms with Crippen molar-refractivity contribution in [2.24, 2.45) is 0 Å². The zero-order valence-corrected chi connectivity index (χ0v) is 6.77. The van der Waals surface area contributed by atoms with Crippen LogP contribution in [0.5, 0.6) is 0 Å². The first kappa shape index (κ1) is 7.54. The molecule has 1 heterocycles. The molecule has 0 atom stereocenters. The van der Waals surface area contributed by atoms with E-state index in [2.05, 4.69) is 5.32 Å². The average molecular weight is 142 g/mol. The number of hydrogen-bond acceptors (Lipinski definition) is 2. The Hall–Kier alpha value is -0.570. The molecule has 0 saturated carbocycles. The molecule has 1 fully saturated rings. The number of likely N-dealkylation sites (N-methyl/N-ethyl adjacent to an activating group) is 1. The maximum atomic E-state index is 11.1. The molecular formula is C7H14N2O. The quantitative estimate of drug-likeness (QED) is 0.566. The number of nitrogens with zero attached hydrogens (tertiary/aromatic N) is 1. The summed E-state index contributed by atoms with van der Waals surface area (Å²) in [7, 11) is 0. The van der Waals surface area contributed by atoms with Crippen LogP contribution in [0.15, 0.2) is 0 Å². The third-order valence-electron chi connectivity index (χ3n) is 1.96. The standard InChI is InChI=1S/C7H14N2O/c1-4-9-6(10)5-8-7(9,2)3/h8H,4-5H2,1-3H3. The second-order valence-electron chi connectivity index (χ2n) is 3.05. The van der Waals surface area contributed by atoms with Crippen molar-refractivity contribution in [2.75, 3.05) is 13.1 Å². The predicted octanol–water partition coefficient (Wildman–Crippen LogP) is 0.174. The van der Waals surface area contributed by atoms with E-state index in [0.717, 1.165) is 6.54 Å². The number of amides is 1. The van der Waals surface area contributed by atoms with Crippen molar-refractivity contribution in [3.63, 3.8) is 0 Å². The summed E-state index contributed by atoms with van der Waals surface area (Å²) in [6.45, 7) is 7.30. The Morgan fingerprint density at radius 3 is 2.50 bits per heavy atom. The Kier molecular flexibility index (Phi) is 1.68. The molecule has 3 heteroatoms. The van der Waals surface area contributed by atoms with Crippen LogP contribution in [0, 0.1) is 0 Å². The topological polar surface area (TPSA) is 32.3 Å².